The summed E-state index contributed by atoms with van der Waals surface area (Å²) in [5, 5.41) is 0.675. The zero-order valence-electron chi connectivity index (χ0n) is 17.7. The summed E-state index contributed by atoms with van der Waals surface area (Å²) in [4.78, 5) is 26.6. The molecule has 0 aromatic heterocycles. The minimum Gasteiger partial charge on any atom is -0.488 e. The van der Waals surface area contributed by atoms with Crippen LogP contribution in [-0.2, 0) is 20.9 Å². The lowest BCUT2D eigenvalue weighted by Gasteiger charge is -2.14. The standard InChI is InChI=1S/C24H24ClNO4S2/c1-2-14-29-22(27)8-5-13-26-23(28)21(32-24(26)31)15-18-6-3-4-7-20(18)30-16-17-9-11-19(25)12-10-17/h3-4,6-7,9-12,15H,2,5,8,13-14,16H2,1H3/b21-15+. The Bertz CT molecular complexity index is 1010. The third-order valence-corrected chi connectivity index (χ3v) is 6.25. The van der Waals surface area contributed by atoms with E-state index in [0.717, 1.165) is 17.5 Å². The second-order valence-corrected chi connectivity index (χ2v) is 9.22. The summed E-state index contributed by atoms with van der Waals surface area (Å²) in [5.41, 5.74) is 1.79. The van der Waals surface area contributed by atoms with E-state index < -0.39 is 0 Å². The molecule has 1 fully saturated rings. The molecule has 0 atom stereocenters. The van der Waals surface area contributed by atoms with Gasteiger partial charge in [-0.2, -0.15) is 0 Å². The molecule has 2 aromatic rings. The summed E-state index contributed by atoms with van der Waals surface area (Å²) in [7, 11) is 0. The van der Waals surface area contributed by atoms with E-state index in [1.54, 1.807) is 6.08 Å². The predicted octanol–water partition coefficient (Wildman–Crippen LogP) is 5.85. The molecule has 0 radical (unpaired) electrons. The Labute approximate surface area is 202 Å². The number of ether oxygens (including phenoxy) is 2. The number of halogens is 1. The van der Waals surface area contributed by atoms with Gasteiger partial charge in [-0.15, -0.1) is 0 Å². The monoisotopic (exact) mass is 489 g/mol. The Balaban J connectivity index is 1.63. The summed E-state index contributed by atoms with van der Waals surface area (Å²) in [6.45, 7) is 3.14. The number of esters is 1. The van der Waals surface area contributed by atoms with Crippen LogP contribution >= 0.6 is 35.6 Å². The second kappa shape index (κ2) is 12.0. The molecule has 3 rings (SSSR count). The van der Waals surface area contributed by atoms with Gasteiger partial charge in [-0.25, -0.2) is 0 Å². The molecule has 1 aliphatic rings. The fraction of sp³-hybridized carbons (Fsp3) is 0.292. The van der Waals surface area contributed by atoms with Gasteiger partial charge in [-0.1, -0.05) is 72.8 Å². The van der Waals surface area contributed by atoms with Crippen LogP contribution in [-0.4, -0.2) is 34.2 Å². The summed E-state index contributed by atoms with van der Waals surface area (Å²) < 4.78 is 11.5. The molecule has 5 nitrogen and oxygen atoms in total. The van der Waals surface area contributed by atoms with Crippen LogP contribution in [0.25, 0.3) is 6.08 Å². The minimum absolute atomic E-state index is 0.158. The highest BCUT2D eigenvalue weighted by atomic mass is 35.5. The molecule has 0 unspecified atom stereocenters. The Morgan fingerprint density at radius 1 is 1.19 bits per heavy atom. The van der Waals surface area contributed by atoms with E-state index in [2.05, 4.69) is 0 Å². The van der Waals surface area contributed by atoms with Crippen molar-refractivity contribution in [1.82, 2.24) is 4.90 Å². The maximum atomic E-state index is 12.9. The van der Waals surface area contributed by atoms with Crippen LogP contribution in [0.15, 0.2) is 53.4 Å². The van der Waals surface area contributed by atoms with E-state index in [4.69, 9.17) is 33.3 Å². The Morgan fingerprint density at radius 2 is 1.94 bits per heavy atom. The zero-order valence-corrected chi connectivity index (χ0v) is 20.1. The van der Waals surface area contributed by atoms with E-state index in [1.807, 2.05) is 55.5 Å². The number of amides is 1. The van der Waals surface area contributed by atoms with Gasteiger partial charge in [0.1, 0.15) is 16.7 Å². The number of rotatable bonds is 10. The van der Waals surface area contributed by atoms with Crippen LogP contribution in [0.3, 0.4) is 0 Å². The van der Waals surface area contributed by atoms with Crippen LogP contribution in [0.4, 0.5) is 0 Å². The lowest BCUT2D eigenvalue weighted by molar-refractivity contribution is -0.144. The first-order chi connectivity index (χ1) is 15.5. The first-order valence-electron chi connectivity index (χ1n) is 10.3. The molecule has 0 N–H and O–H groups in total. The molecular formula is C24H24ClNO4S2. The number of para-hydroxylation sites is 1. The summed E-state index contributed by atoms with van der Waals surface area (Å²) >= 11 is 12.6. The largest absolute Gasteiger partial charge is 0.488 e. The van der Waals surface area contributed by atoms with Gasteiger partial charge in [0.25, 0.3) is 5.91 Å². The van der Waals surface area contributed by atoms with Crippen molar-refractivity contribution in [3.05, 3.63) is 69.6 Å². The maximum absolute atomic E-state index is 12.9. The SMILES string of the molecule is CCCOC(=O)CCCN1C(=O)/C(=C\c2ccccc2OCc2ccc(Cl)cc2)SC1=S. The fourth-order valence-corrected chi connectivity index (χ4v) is 4.40. The Kier molecular flexibility index (Phi) is 9.14. The Hall–Kier alpha value is -2.35. The van der Waals surface area contributed by atoms with Gasteiger partial charge in [0.15, 0.2) is 0 Å². The topological polar surface area (TPSA) is 55.8 Å². The summed E-state index contributed by atoms with van der Waals surface area (Å²) in [5.74, 6) is 0.264. The molecule has 1 saturated heterocycles. The van der Waals surface area contributed by atoms with Crippen LogP contribution in [0.2, 0.25) is 5.02 Å². The molecule has 0 spiro atoms. The lowest BCUT2D eigenvalue weighted by Crippen LogP contribution is -2.29. The van der Waals surface area contributed by atoms with Crippen molar-refractivity contribution < 1.29 is 19.1 Å². The molecular weight excluding hydrogens is 466 g/mol. The normalized spacial score (nSPS) is 14.8. The summed E-state index contributed by atoms with van der Waals surface area (Å²) in [6.07, 6.45) is 3.35. The molecule has 1 amide bonds. The van der Waals surface area contributed by atoms with Gasteiger partial charge in [0.05, 0.1) is 11.5 Å². The third kappa shape index (κ3) is 6.82. The van der Waals surface area contributed by atoms with Gasteiger partial charge in [-0.3, -0.25) is 14.5 Å². The molecule has 8 heteroatoms. The van der Waals surface area contributed by atoms with Crippen LogP contribution < -0.4 is 4.74 Å². The number of thiocarbonyl (C=S) groups is 1. The summed E-state index contributed by atoms with van der Waals surface area (Å²) in [6, 6.07) is 15.0. The van der Waals surface area contributed by atoms with Crippen LogP contribution in [0.1, 0.15) is 37.3 Å². The van der Waals surface area contributed by atoms with E-state index >= 15 is 0 Å². The van der Waals surface area contributed by atoms with Gasteiger partial charge in [-0.05, 0) is 42.7 Å². The van der Waals surface area contributed by atoms with Crippen molar-refractivity contribution in [3.63, 3.8) is 0 Å². The van der Waals surface area contributed by atoms with Gasteiger partial charge >= 0.3 is 5.97 Å². The minimum atomic E-state index is -0.250. The highest BCUT2D eigenvalue weighted by Gasteiger charge is 2.31. The van der Waals surface area contributed by atoms with Gasteiger partial charge in [0.2, 0.25) is 0 Å². The smallest absolute Gasteiger partial charge is 0.305 e. The molecule has 1 heterocycles. The quantitative estimate of drug-likeness (QED) is 0.237. The molecule has 0 saturated carbocycles. The van der Waals surface area contributed by atoms with Crippen LogP contribution in [0.5, 0.6) is 5.75 Å². The number of hydrogen-bond acceptors (Lipinski definition) is 6. The predicted molar refractivity (Wildman–Crippen MR) is 133 cm³/mol. The van der Waals surface area contributed by atoms with Crippen molar-refractivity contribution >= 4 is 57.9 Å². The van der Waals surface area contributed by atoms with E-state index in [9.17, 15) is 9.59 Å². The number of nitrogens with zero attached hydrogens (tertiary/aromatic N) is 1. The number of benzene rings is 2. The molecule has 2 aromatic carbocycles. The highest BCUT2D eigenvalue weighted by molar-refractivity contribution is 8.26. The average Bonchev–Trinajstić information content (AvgIpc) is 3.05. The van der Waals surface area contributed by atoms with Crippen molar-refractivity contribution in [3.8, 4) is 5.75 Å². The zero-order chi connectivity index (χ0) is 22.9. The molecule has 168 valence electrons. The number of carbonyl (C=O) groups is 2. The van der Waals surface area contributed by atoms with E-state index in [-0.39, 0.29) is 18.3 Å². The number of hydrogen-bond donors (Lipinski definition) is 0. The third-order valence-electron chi connectivity index (χ3n) is 4.62. The average molecular weight is 490 g/mol. The van der Waals surface area contributed by atoms with Crippen LogP contribution in [0, 0.1) is 0 Å². The second-order valence-electron chi connectivity index (χ2n) is 7.11. The van der Waals surface area contributed by atoms with Crippen molar-refractivity contribution in [2.45, 2.75) is 32.8 Å². The van der Waals surface area contributed by atoms with E-state index in [1.165, 1.54) is 16.7 Å². The van der Waals surface area contributed by atoms with Crippen molar-refractivity contribution in [2.24, 2.45) is 0 Å². The first-order valence-corrected chi connectivity index (χ1v) is 12.0. The lowest BCUT2D eigenvalue weighted by atomic mass is 10.1. The number of carbonyl (C=O) groups excluding carboxylic acids is 2. The molecule has 32 heavy (non-hydrogen) atoms. The maximum Gasteiger partial charge on any atom is 0.305 e. The van der Waals surface area contributed by atoms with Gasteiger partial charge < -0.3 is 9.47 Å². The molecule has 1 aliphatic heterocycles. The Morgan fingerprint density at radius 3 is 2.69 bits per heavy atom. The molecule has 0 aliphatic carbocycles. The fourth-order valence-electron chi connectivity index (χ4n) is 2.98. The van der Waals surface area contributed by atoms with Gasteiger partial charge in [0, 0.05) is 23.6 Å². The van der Waals surface area contributed by atoms with Crippen molar-refractivity contribution in [2.75, 3.05) is 13.2 Å². The van der Waals surface area contributed by atoms with Crippen molar-refractivity contribution in [1.29, 1.82) is 0 Å². The number of thioether (sulfide) groups is 1. The first kappa shape index (κ1) is 24.3. The molecule has 0 bridgehead atoms. The highest BCUT2D eigenvalue weighted by Crippen LogP contribution is 2.34. The van der Waals surface area contributed by atoms with E-state index in [0.29, 0.717) is 46.2 Å².